The number of ether oxygens (including phenoxy) is 2. The molecule has 118 valence electrons. The first kappa shape index (κ1) is 16.4. The second-order valence-corrected chi connectivity index (χ2v) is 6.77. The maximum atomic E-state index is 11.9. The summed E-state index contributed by atoms with van der Waals surface area (Å²) in [6.45, 7) is 1.39. The van der Waals surface area contributed by atoms with E-state index >= 15 is 0 Å². The highest BCUT2D eigenvalue weighted by Crippen LogP contribution is 2.14. The fourth-order valence-corrected chi connectivity index (χ4v) is 3.57. The Morgan fingerprint density at radius 2 is 2.19 bits per heavy atom. The largest absolute Gasteiger partial charge is 0.491 e. The van der Waals surface area contributed by atoms with Crippen LogP contribution < -0.4 is 10.5 Å². The number of hydrogen-bond donors (Lipinski definition) is 2. The van der Waals surface area contributed by atoms with Crippen LogP contribution >= 0.6 is 0 Å². The van der Waals surface area contributed by atoms with E-state index in [1.807, 2.05) is 24.3 Å². The van der Waals surface area contributed by atoms with Crippen molar-refractivity contribution in [3.63, 3.8) is 0 Å². The highest BCUT2D eigenvalue weighted by atomic mass is 32.2. The number of aliphatic hydroxyl groups is 1. The Morgan fingerprint density at radius 3 is 2.81 bits per heavy atom. The topological polar surface area (TPSA) is 81.8 Å². The molecule has 3 atom stereocenters. The minimum atomic E-state index is -1.07. The molecule has 1 saturated heterocycles. The molecule has 0 amide bonds. The zero-order chi connectivity index (χ0) is 15.1. The molecule has 1 fully saturated rings. The lowest BCUT2D eigenvalue weighted by atomic mass is 10.2. The highest BCUT2D eigenvalue weighted by Gasteiger charge is 2.20. The minimum absolute atomic E-state index is 0.0859. The molecular weight excluding hydrogens is 290 g/mol. The van der Waals surface area contributed by atoms with Crippen LogP contribution in [0.4, 0.5) is 0 Å². The fraction of sp³-hybridized carbons (Fsp3) is 0.600. The highest BCUT2D eigenvalue weighted by molar-refractivity contribution is 7.85. The minimum Gasteiger partial charge on any atom is -0.491 e. The van der Waals surface area contributed by atoms with Crippen molar-refractivity contribution in [3.05, 3.63) is 29.8 Å². The van der Waals surface area contributed by atoms with Crippen molar-refractivity contribution in [2.24, 2.45) is 5.73 Å². The molecule has 1 aromatic rings. The maximum Gasteiger partial charge on any atom is 0.119 e. The monoisotopic (exact) mass is 313 g/mol. The van der Waals surface area contributed by atoms with Crippen LogP contribution in [0.5, 0.6) is 5.75 Å². The van der Waals surface area contributed by atoms with E-state index < -0.39 is 16.9 Å². The molecule has 0 aromatic heterocycles. The number of benzene rings is 1. The SMILES string of the molecule is NCc1ccc(OCC(O)CS(=O)CC2CCCO2)cc1. The van der Waals surface area contributed by atoms with Crippen molar-refractivity contribution in [2.45, 2.75) is 31.6 Å². The van der Waals surface area contributed by atoms with E-state index in [4.69, 9.17) is 15.2 Å². The average Bonchev–Trinajstić information content (AvgIpc) is 2.98. The average molecular weight is 313 g/mol. The van der Waals surface area contributed by atoms with Gasteiger partial charge in [0.1, 0.15) is 12.4 Å². The van der Waals surface area contributed by atoms with Crippen molar-refractivity contribution < 1.29 is 18.8 Å². The maximum absolute atomic E-state index is 11.9. The van der Waals surface area contributed by atoms with Gasteiger partial charge in [-0.15, -0.1) is 0 Å². The Bertz CT molecular complexity index is 445. The van der Waals surface area contributed by atoms with E-state index in [2.05, 4.69) is 0 Å². The second-order valence-electron chi connectivity index (χ2n) is 5.22. The molecule has 2 rings (SSSR count). The standard InChI is InChI=1S/C15H23NO4S/c16-8-12-3-5-14(6-4-12)20-9-13(17)10-21(18)11-15-2-1-7-19-15/h3-6,13,15,17H,1-2,7-11,16H2. The summed E-state index contributed by atoms with van der Waals surface area (Å²) in [5, 5.41) is 9.88. The van der Waals surface area contributed by atoms with Crippen molar-refractivity contribution in [1.82, 2.24) is 0 Å². The zero-order valence-corrected chi connectivity index (χ0v) is 12.9. The van der Waals surface area contributed by atoms with Gasteiger partial charge in [-0.3, -0.25) is 4.21 Å². The summed E-state index contributed by atoms with van der Waals surface area (Å²) in [6.07, 6.45) is 1.35. The van der Waals surface area contributed by atoms with Gasteiger partial charge in [0, 0.05) is 29.7 Å². The van der Waals surface area contributed by atoms with Gasteiger partial charge in [-0.05, 0) is 30.5 Å². The number of rotatable bonds is 8. The molecule has 6 heteroatoms. The molecular formula is C15H23NO4S. The van der Waals surface area contributed by atoms with Crippen LogP contribution in [0.25, 0.3) is 0 Å². The summed E-state index contributed by atoms with van der Waals surface area (Å²) in [5.74, 6) is 1.40. The van der Waals surface area contributed by atoms with E-state index in [0.717, 1.165) is 25.0 Å². The van der Waals surface area contributed by atoms with Gasteiger partial charge >= 0.3 is 0 Å². The Labute approximate surface area is 127 Å². The number of nitrogens with two attached hydrogens (primary N) is 1. The van der Waals surface area contributed by atoms with Gasteiger partial charge < -0.3 is 20.3 Å². The molecule has 0 radical (unpaired) electrons. The molecule has 0 spiro atoms. The van der Waals surface area contributed by atoms with Crippen LogP contribution in [-0.2, 0) is 22.1 Å². The van der Waals surface area contributed by atoms with Crippen LogP contribution in [0.1, 0.15) is 18.4 Å². The van der Waals surface area contributed by atoms with Gasteiger partial charge in [-0.2, -0.15) is 0 Å². The van der Waals surface area contributed by atoms with Gasteiger partial charge in [0.25, 0.3) is 0 Å². The molecule has 5 nitrogen and oxygen atoms in total. The summed E-state index contributed by atoms with van der Waals surface area (Å²) in [6, 6.07) is 7.41. The summed E-state index contributed by atoms with van der Waals surface area (Å²) in [7, 11) is -1.07. The first-order valence-electron chi connectivity index (χ1n) is 7.24. The van der Waals surface area contributed by atoms with Gasteiger partial charge in [0.15, 0.2) is 0 Å². The number of aliphatic hydroxyl groups excluding tert-OH is 1. The van der Waals surface area contributed by atoms with Crippen LogP contribution in [-0.4, -0.2) is 46.2 Å². The fourth-order valence-electron chi connectivity index (χ4n) is 2.23. The van der Waals surface area contributed by atoms with Crippen molar-refractivity contribution >= 4 is 10.8 Å². The third-order valence-corrected chi connectivity index (χ3v) is 4.88. The third kappa shape index (κ3) is 5.74. The quantitative estimate of drug-likeness (QED) is 0.742. The van der Waals surface area contributed by atoms with Gasteiger partial charge in [-0.1, -0.05) is 12.1 Å². The van der Waals surface area contributed by atoms with Crippen molar-refractivity contribution in [2.75, 3.05) is 24.7 Å². The lowest BCUT2D eigenvalue weighted by Crippen LogP contribution is -2.28. The molecule has 0 bridgehead atoms. The second kappa shape index (κ2) is 8.48. The first-order chi connectivity index (χ1) is 10.2. The smallest absolute Gasteiger partial charge is 0.119 e. The molecule has 1 aromatic carbocycles. The van der Waals surface area contributed by atoms with Crippen LogP contribution in [0, 0.1) is 0 Å². The molecule has 3 unspecified atom stereocenters. The third-order valence-electron chi connectivity index (χ3n) is 3.38. The Balaban J connectivity index is 1.68. The Morgan fingerprint density at radius 1 is 1.43 bits per heavy atom. The summed E-state index contributed by atoms with van der Waals surface area (Å²) in [5.41, 5.74) is 6.55. The normalized spacial score (nSPS) is 21.1. The van der Waals surface area contributed by atoms with Crippen molar-refractivity contribution in [3.8, 4) is 5.75 Å². The van der Waals surface area contributed by atoms with E-state index in [-0.39, 0.29) is 18.5 Å². The molecule has 1 heterocycles. The first-order valence-corrected chi connectivity index (χ1v) is 8.72. The molecule has 21 heavy (non-hydrogen) atoms. The van der Waals surface area contributed by atoms with Gasteiger partial charge in [0.05, 0.1) is 18.0 Å². The zero-order valence-electron chi connectivity index (χ0n) is 12.1. The molecule has 0 saturated carbocycles. The van der Waals surface area contributed by atoms with E-state index in [1.165, 1.54) is 0 Å². The van der Waals surface area contributed by atoms with E-state index in [1.54, 1.807) is 0 Å². The van der Waals surface area contributed by atoms with E-state index in [0.29, 0.717) is 18.0 Å². The van der Waals surface area contributed by atoms with Crippen LogP contribution in [0.2, 0.25) is 0 Å². The predicted octanol–water partition coefficient (Wildman–Crippen LogP) is 0.813. The lowest BCUT2D eigenvalue weighted by Gasteiger charge is -2.14. The molecule has 3 N–H and O–H groups in total. The molecule has 1 aliphatic rings. The summed E-state index contributed by atoms with van der Waals surface area (Å²) in [4.78, 5) is 0. The van der Waals surface area contributed by atoms with Crippen molar-refractivity contribution in [1.29, 1.82) is 0 Å². The number of hydrogen-bond acceptors (Lipinski definition) is 5. The Kier molecular flexibility index (Phi) is 6.63. The van der Waals surface area contributed by atoms with Gasteiger partial charge in [0.2, 0.25) is 0 Å². The molecule has 0 aliphatic carbocycles. The predicted molar refractivity (Wildman–Crippen MR) is 82.7 cm³/mol. The molecule has 1 aliphatic heterocycles. The van der Waals surface area contributed by atoms with Gasteiger partial charge in [-0.25, -0.2) is 0 Å². The summed E-state index contributed by atoms with van der Waals surface area (Å²) < 4.78 is 22.8. The van der Waals surface area contributed by atoms with Crippen LogP contribution in [0.3, 0.4) is 0 Å². The summed E-state index contributed by atoms with van der Waals surface area (Å²) >= 11 is 0. The van der Waals surface area contributed by atoms with E-state index in [9.17, 15) is 9.32 Å². The Hall–Kier alpha value is -0.950. The van der Waals surface area contributed by atoms with Crippen LogP contribution in [0.15, 0.2) is 24.3 Å². The lowest BCUT2D eigenvalue weighted by molar-refractivity contribution is 0.122.